The fourth-order valence-electron chi connectivity index (χ4n) is 0.269. The van der Waals surface area contributed by atoms with Crippen molar-refractivity contribution in [2.75, 3.05) is 7.05 Å². The van der Waals surface area contributed by atoms with Gasteiger partial charge in [-0.25, -0.2) is 0 Å². The summed E-state index contributed by atoms with van der Waals surface area (Å²) in [5.41, 5.74) is 0.806. The Labute approximate surface area is 84.5 Å². The number of ketones is 2. The Morgan fingerprint density at radius 3 is 1.50 bits per heavy atom. The Hall–Kier alpha value is -1.58. The smallest absolute Gasteiger partial charge is 0.177 e. The van der Waals surface area contributed by atoms with Gasteiger partial charge in [0.15, 0.2) is 11.6 Å². The van der Waals surface area contributed by atoms with E-state index in [4.69, 9.17) is 0 Å². The largest absolute Gasteiger partial charge is 0.293 e. The van der Waals surface area contributed by atoms with Crippen LogP contribution in [0.2, 0.25) is 0 Å². The van der Waals surface area contributed by atoms with Gasteiger partial charge in [-0.05, 0) is 13.6 Å². The lowest BCUT2D eigenvalue weighted by atomic mass is 10.3. The second kappa shape index (κ2) is 8.04. The minimum Gasteiger partial charge on any atom is -0.293 e. The number of nitrogens with zero attached hydrogens (tertiary/aromatic N) is 2. The summed E-state index contributed by atoms with van der Waals surface area (Å²) in [6.45, 7) is 11.0. The molecule has 0 saturated carbocycles. The normalized spacial score (nSPS) is 9.57. The lowest BCUT2D eigenvalue weighted by Gasteiger charge is -1.84. The molecule has 0 radical (unpaired) electrons. The summed E-state index contributed by atoms with van der Waals surface area (Å²) >= 11 is 0. The molecule has 0 aromatic carbocycles. The van der Waals surface area contributed by atoms with Gasteiger partial charge in [0.25, 0.3) is 0 Å². The van der Waals surface area contributed by atoms with Crippen LogP contribution in [0.5, 0.6) is 0 Å². The molecular formula is C10H16N2O2. The average molecular weight is 196 g/mol. The van der Waals surface area contributed by atoms with Crippen LogP contribution < -0.4 is 0 Å². The topological polar surface area (TPSA) is 58.9 Å². The van der Waals surface area contributed by atoms with E-state index in [1.165, 1.54) is 13.8 Å². The monoisotopic (exact) mass is 196 g/mol. The Kier molecular flexibility index (Phi) is 8.57. The van der Waals surface area contributed by atoms with Crippen molar-refractivity contribution in [2.45, 2.75) is 20.8 Å². The van der Waals surface area contributed by atoms with Gasteiger partial charge in [-0.15, -0.1) is 0 Å². The van der Waals surface area contributed by atoms with E-state index in [0.29, 0.717) is 5.71 Å². The third-order valence-electron chi connectivity index (χ3n) is 1.44. The number of hydrogen-bond donors (Lipinski definition) is 0. The molecule has 0 saturated heterocycles. The maximum atomic E-state index is 10.2. The Morgan fingerprint density at radius 1 is 1.07 bits per heavy atom. The van der Waals surface area contributed by atoms with Crippen LogP contribution in [0.4, 0.5) is 0 Å². The molecule has 78 valence electrons. The zero-order valence-electron chi connectivity index (χ0n) is 9.13. The summed E-state index contributed by atoms with van der Waals surface area (Å²) in [4.78, 5) is 27.3. The Morgan fingerprint density at radius 2 is 1.50 bits per heavy atom. The molecule has 0 amide bonds. The summed E-state index contributed by atoms with van der Waals surface area (Å²) in [5, 5.41) is 0. The van der Waals surface area contributed by atoms with Crippen LogP contribution in [0.1, 0.15) is 20.8 Å². The van der Waals surface area contributed by atoms with Crippen molar-refractivity contribution in [1.82, 2.24) is 0 Å². The number of aliphatic imine (C=N–C) groups is 2. The van der Waals surface area contributed by atoms with Gasteiger partial charge in [0.2, 0.25) is 0 Å². The van der Waals surface area contributed by atoms with Crippen molar-refractivity contribution in [3.05, 3.63) is 12.3 Å². The fourth-order valence-corrected chi connectivity index (χ4v) is 0.269. The molecule has 0 spiro atoms. The number of allylic oxidation sites excluding steroid dienone is 1. The molecule has 0 rings (SSSR count). The van der Waals surface area contributed by atoms with Gasteiger partial charge < -0.3 is 0 Å². The van der Waals surface area contributed by atoms with E-state index in [2.05, 4.69) is 23.3 Å². The summed E-state index contributed by atoms with van der Waals surface area (Å²) in [5.74, 6) is -0.0856. The van der Waals surface area contributed by atoms with E-state index in [0.717, 1.165) is 0 Å². The molecular weight excluding hydrogens is 180 g/mol. The first kappa shape index (κ1) is 14.9. The van der Waals surface area contributed by atoms with Gasteiger partial charge in [0, 0.05) is 20.9 Å². The summed E-state index contributed by atoms with van der Waals surface area (Å²) in [7, 11) is 1.61. The Balaban J connectivity index is 0. The molecule has 0 bridgehead atoms. The molecule has 4 heteroatoms. The van der Waals surface area contributed by atoms with E-state index >= 15 is 0 Å². The number of carbonyl (C=O) groups excluding carboxylic acids is 2. The van der Waals surface area contributed by atoms with Crippen LogP contribution in [0.15, 0.2) is 22.3 Å². The van der Waals surface area contributed by atoms with Gasteiger partial charge in [-0.2, -0.15) is 0 Å². The van der Waals surface area contributed by atoms with Gasteiger partial charge >= 0.3 is 0 Å². The minimum absolute atomic E-state index is 0.0440. The molecule has 0 atom stereocenters. The highest BCUT2D eigenvalue weighted by Crippen LogP contribution is 1.88. The zero-order chi connectivity index (χ0) is 11.7. The lowest BCUT2D eigenvalue weighted by Crippen LogP contribution is -2.02. The molecule has 14 heavy (non-hydrogen) atoms. The van der Waals surface area contributed by atoms with Crippen molar-refractivity contribution in [3.63, 3.8) is 0 Å². The van der Waals surface area contributed by atoms with Crippen LogP contribution in [0.3, 0.4) is 0 Å². The molecule has 0 heterocycles. The van der Waals surface area contributed by atoms with E-state index in [-0.39, 0.29) is 17.3 Å². The van der Waals surface area contributed by atoms with Crippen LogP contribution in [-0.4, -0.2) is 31.0 Å². The van der Waals surface area contributed by atoms with Crippen molar-refractivity contribution in [3.8, 4) is 0 Å². The van der Waals surface area contributed by atoms with Crippen LogP contribution in [-0.2, 0) is 9.59 Å². The van der Waals surface area contributed by atoms with Gasteiger partial charge in [0.1, 0.15) is 0 Å². The molecule has 0 aromatic rings. The predicted octanol–water partition coefficient (Wildman–Crippen LogP) is 1.46. The average Bonchev–Trinajstić information content (AvgIpc) is 2.15. The first-order chi connectivity index (χ1) is 6.36. The third-order valence-corrected chi connectivity index (χ3v) is 1.44. The molecule has 0 N–H and O–H groups in total. The third kappa shape index (κ3) is 8.52. The van der Waals surface area contributed by atoms with Gasteiger partial charge in [0.05, 0.1) is 11.4 Å². The molecule has 4 nitrogen and oxygen atoms in total. The van der Waals surface area contributed by atoms with Crippen molar-refractivity contribution >= 4 is 24.0 Å². The second-order valence-corrected chi connectivity index (χ2v) is 2.53. The first-order valence-electron chi connectivity index (χ1n) is 3.97. The van der Waals surface area contributed by atoms with E-state index in [1.807, 2.05) is 0 Å². The second-order valence-electron chi connectivity index (χ2n) is 2.53. The highest BCUT2D eigenvalue weighted by atomic mass is 16.1. The standard InChI is InChI=1S/C5H9NO.C5H7NO/c2*1-4(6-3)5(2)7/h1-3H3;1,3H2,2H3. The van der Waals surface area contributed by atoms with E-state index in [1.54, 1.807) is 14.0 Å². The van der Waals surface area contributed by atoms with Crippen LogP contribution >= 0.6 is 0 Å². The molecule has 0 unspecified atom stereocenters. The number of hydrogen-bond acceptors (Lipinski definition) is 4. The molecule has 0 fully saturated rings. The van der Waals surface area contributed by atoms with Crippen LogP contribution in [0.25, 0.3) is 0 Å². The number of rotatable bonds is 3. The maximum absolute atomic E-state index is 10.2. The SMILES string of the molecule is C=NC(=C)C(C)=O.CN=C(C)C(C)=O. The summed E-state index contributed by atoms with van der Waals surface area (Å²) in [6.07, 6.45) is 0. The fraction of sp³-hybridized carbons (Fsp3) is 0.400. The molecule has 0 aromatic heterocycles. The van der Waals surface area contributed by atoms with Crippen molar-refractivity contribution in [1.29, 1.82) is 0 Å². The molecule has 0 aliphatic rings. The first-order valence-corrected chi connectivity index (χ1v) is 3.97. The highest BCUT2D eigenvalue weighted by Gasteiger charge is 1.91. The summed E-state index contributed by atoms with van der Waals surface area (Å²) < 4.78 is 0. The van der Waals surface area contributed by atoms with Crippen molar-refractivity contribution in [2.24, 2.45) is 9.98 Å². The molecule has 0 aliphatic heterocycles. The molecule has 0 aliphatic carbocycles. The van der Waals surface area contributed by atoms with E-state index in [9.17, 15) is 9.59 Å². The highest BCUT2D eigenvalue weighted by molar-refractivity contribution is 6.37. The lowest BCUT2D eigenvalue weighted by molar-refractivity contribution is -0.113. The number of Topliss-reactive ketones (excluding diaryl/α,β-unsaturated/α-hetero) is 2. The summed E-state index contributed by atoms with van der Waals surface area (Å²) in [6, 6.07) is 0. The minimum atomic E-state index is -0.130. The Bertz CT molecular complexity index is 266. The predicted molar refractivity (Wildman–Crippen MR) is 59.1 cm³/mol. The van der Waals surface area contributed by atoms with E-state index < -0.39 is 0 Å². The van der Waals surface area contributed by atoms with Crippen LogP contribution in [0, 0.1) is 0 Å². The zero-order valence-corrected chi connectivity index (χ0v) is 9.13. The van der Waals surface area contributed by atoms with Crippen molar-refractivity contribution < 1.29 is 9.59 Å². The van der Waals surface area contributed by atoms with Gasteiger partial charge in [-0.1, -0.05) is 6.58 Å². The van der Waals surface area contributed by atoms with Gasteiger partial charge in [-0.3, -0.25) is 19.6 Å². The maximum Gasteiger partial charge on any atom is 0.177 e. The quantitative estimate of drug-likeness (QED) is 0.506. The number of carbonyl (C=O) groups is 2.